The van der Waals surface area contributed by atoms with E-state index in [-0.39, 0.29) is 20.1 Å². The minimum absolute atomic E-state index is 0. The van der Waals surface area contributed by atoms with Crippen LogP contribution in [0.1, 0.15) is 110 Å². The van der Waals surface area contributed by atoms with E-state index in [1.165, 1.54) is 22.4 Å². The first-order valence-electron chi connectivity index (χ1n) is 24.4. The summed E-state index contributed by atoms with van der Waals surface area (Å²) in [4.78, 5) is 10.2. The molecule has 0 fully saturated rings. The number of aromatic nitrogens is 4. The van der Waals surface area contributed by atoms with Gasteiger partial charge < -0.3 is 13.6 Å². The van der Waals surface area contributed by atoms with E-state index in [0.29, 0.717) is 17.7 Å². The van der Waals surface area contributed by atoms with Gasteiger partial charge in [-0.2, -0.15) is 0 Å². The van der Waals surface area contributed by atoms with Crippen molar-refractivity contribution in [2.75, 3.05) is 0 Å². The molecule has 67 heavy (non-hydrogen) atoms. The average Bonchev–Trinajstić information content (AvgIpc) is 4.00. The molecule has 10 rings (SSSR count). The fraction of sp³-hybridized carbons (Fsp3) is 0.267. The summed E-state index contributed by atoms with van der Waals surface area (Å²) < 4.78 is 29.6. The Hall–Kier alpha value is -5.85. The van der Waals surface area contributed by atoms with E-state index in [2.05, 4.69) is 141 Å². The first-order chi connectivity index (χ1) is 32.3. The van der Waals surface area contributed by atoms with E-state index in [1.807, 2.05) is 94.4 Å². The molecule has 0 amide bonds. The van der Waals surface area contributed by atoms with Gasteiger partial charge in [0, 0.05) is 47.7 Å². The van der Waals surface area contributed by atoms with Crippen LogP contribution in [0.2, 0.25) is 19.6 Å². The zero-order valence-corrected chi connectivity index (χ0v) is 44.1. The van der Waals surface area contributed by atoms with E-state index in [0.717, 1.165) is 83.8 Å². The third-order valence-corrected chi connectivity index (χ3v) is 13.9. The second-order valence-corrected chi connectivity index (χ2v) is 25.3. The summed E-state index contributed by atoms with van der Waals surface area (Å²) >= 11 is 0. The van der Waals surface area contributed by atoms with E-state index < -0.39 is 19.9 Å². The number of hydrogen-bond donors (Lipinski definition) is 0. The number of hydrogen-bond acceptors (Lipinski definition) is 3. The number of benzene rings is 7. The first-order valence-corrected chi connectivity index (χ1v) is 27.1. The Labute approximate surface area is 414 Å². The van der Waals surface area contributed by atoms with Gasteiger partial charge in [-0.3, -0.25) is 9.97 Å². The summed E-state index contributed by atoms with van der Waals surface area (Å²) in [7, 11) is -1.46. The quantitative estimate of drug-likeness (QED) is 0.101. The number of nitrogens with zero attached hydrogens (tertiary/aromatic N) is 4. The average molecular weight is 1080 g/mol. The molecular weight excluding hydrogens is 1010 g/mol. The van der Waals surface area contributed by atoms with Crippen LogP contribution in [0.25, 0.3) is 78.2 Å². The zero-order chi connectivity index (χ0) is 48.3. The van der Waals surface area contributed by atoms with Crippen LogP contribution in [-0.4, -0.2) is 27.2 Å². The van der Waals surface area contributed by atoms with Gasteiger partial charge in [-0.15, -0.1) is 54.1 Å². The normalized spacial score (nSPS) is 12.7. The summed E-state index contributed by atoms with van der Waals surface area (Å²) in [5.41, 5.74) is 15.1. The fourth-order valence-electron chi connectivity index (χ4n) is 9.42. The van der Waals surface area contributed by atoms with Crippen molar-refractivity contribution in [3.63, 3.8) is 0 Å². The minimum Gasteiger partial charge on any atom is -0.501 e. The molecule has 7 heteroatoms. The van der Waals surface area contributed by atoms with Crippen molar-refractivity contribution in [1.29, 1.82) is 0 Å². The maximum Gasteiger partial charge on any atom is 0.120 e. The fourth-order valence-corrected chi connectivity index (χ4v) is 10.9. The van der Waals surface area contributed by atoms with Crippen molar-refractivity contribution in [3.8, 4) is 34.2 Å². The van der Waals surface area contributed by atoms with Gasteiger partial charge in [-0.05, 0) is 87.8 Å². The van der Waals surface area contributed by atoms with Crippen molar-refractivity contribution < 1.29 is 27.3 Å². The largest absolute Gasteiger partial charge is 0.501 e. The minimum atomic E-state index is -1.46. The second-order valence-electron chi connectivity index (χ2n) is 19.9. The number of rotatable bonds is 10. The van der Waals surface area contributed by atoms with Crippen LogP contribution in [0.15, 0.2) is 144 Å². The molecule has 0 aliphatic heterocycles. The predicted octanol–water partition coefficient (Wildman–Crippen LogP) is 16.8. The molecule has 0 aliphatic rings. The Bertz CT molecular complexity index is 3390. The molecule has 0 saturated carbocycles. The summed E-state index contributed by atoms with van der Waals surface area (Å²) in [6, 6.07) is 55.5. The Morgan fingerprint density at radius 2 is 1.10 bits per heavy atom. The maximum absolute atomic E-state index is 9.32. The van der Waals surface area contributed by atoms with Gasteiger partial charge in [0.15, 0.2) is 0 Å². The SMILES string of the molecule is CC(C)c1cccc(C(C)C)c1-n1c(-c2[c-]cccc2)nc2ccccc21.[2H]C(C)(C)c1cc(C[Si](C)(C)C)cc(C([2H])(C)C)c1-n1c(-c2[c-]ccc3c2oc2ccccc23)nc2ccccc21.[Ir]. The smallest absolute Gasteiger partial charge is 0.120 e. The van der Waals surface area contributed by atoms with Crippen molar-refractivity contribution in [2.45, 2.75) is 105 Å². The third kappa shape index (κ3) is 9.27. The summed E-state index contributed by atoms with van der Waals surface area (Å²) in [6.45, 7) is 23.9. The molecule has 0 unspecified atom stereocenters. The van der Waals surface area contributed by atoms with Gasteiger partial charge >= 0.3 is 0 Å². The second kappa shape index (κ2) is 19.4. The van der Waals surface area contributed by atoms with Gasteiger partial charge in [0.25, 0.3) is 0 Å². The predicted molar refractivity (Wildman–Crippen MR) is 281 cm³/mol. The van der Waals surface area contributed by atoms with E-state index in [1.54, 1.807) is 0 Å². The molecule has 0 atom stereocenters. The molecule has 10 aromatic rings. The molecule has 0 bridgehead atoms. The van der Waals surface area contributed by atoms with Crippen LogP contribution in [0, 0.1) is 12.1 Å². The van der Waals surface area contributed by atoms with Gasteiger partial charge in [0.2, 0.25) is 0 Å². The molecular formula is C60H62IrN4OSi-2. The molecule has 3 aromatic heterocycles. The monoisotopic (exact) mass is 1080 g/mol. The Morgan fingerprint density at radius 3 is 1.67 bits per heavy atom. The van der Waals surface area contributed by atoms with Gasteiger partial charge in [0.1, 0.15) is 5.58 Å². The molecule has 0 N–H and O–H groups in total. The Morgan fingerprint density at radius 1 is 0.567 bits per heavy atom. The molecule has 343 valence electrons. The molecule has 0 saturated heterocycles. The standard InChI is InChI=1S/C35H37N2OSi.C25H25N2.Ir/c1-22(2)28-19-24(21-39(5,6)7)20-29(23(3)4)33(28)37-31-17-10-9-16-30(31)36-35(37)27-15-12-14-26-25-13-8-11-18-32(25)38-34(26)27;1-17(2)20-13-10-14-21(18(3)4)24(20)27-23-16-9-8-15-22(23)26-25(27)19-11-6-5-7-12-19;/h8-14,16-20,22-23H,21H2,1-7H3;5-11,13-18H,1-4H3;/q2*-1;/i22D,23D;;. The maximum atomic E-state index is 9.32. The molecule has 7 aromatic carbocycles. The Kier molecular flexibility index (Phi) is 13.0. The number of fused-ring (bicyclic) bond motifs is 5. The first kappa shape index (κ1) is 45.0. The molecule has 5 nitrogen and oxygen atoms in total. The number of furan rings is 1. The Balaban J connectivity index is 0.000000199. The van der Waals surface area contributed by atoms with Crippen LogP contribution in [0.5, 0.6) is 0 Å². The van der Waals surface area contributed by atoms with Crippen LogP contribution in [0.4, 0.5) is 0 Å². The zero-order valence-electron chi connectivity index (χ0n) is 42.7. The van der Waals surface area contributed by atoms with Gasteiger partial charge in [-0.1, -0.05) is 159 Å². The van der Waals surface area contributed by atoms with E-state index in [9.17, 15) is 2.74 Å². The molecule has 1 radical (unpaired) electrons. The van der Waals surface area contributed by atoms with E-state index >= 15 is 0 Å². The molecule has 0 aliphatic carbocycles. The van der Waals surface area contributed by atoms with Crippen molar-refractivity contribution in [2.24, 2.45) is 0 Å². The topological polar surface area (TPSA) is 48.8 Å². The summed E-state index contributed by atoms with van der Waals surface area (Å²) in [5.74, 6) is 0.668. The number of imidazole rings is 2. The van der Waals surface area contributed by atoms with Crippen molar-refractivity contribution in [1.82, 2.24) is 19.1 Å². The van der Waals surface area contributed by atoms with Gasteiger partial charge in [0.05, 0.1) is 39.3 Å². The third-order valence-electron chi connectivity index (χ3n) is 12.4. The number of para-hydroxylation sites is 6. The van der Waals surface area contributed by atoms with E-state index in [4.69, 9.17) is 14.4 Å². The molecule has 0 spiro atoms. The van der Waals surface area contributed by atoms with Crippen LogP contribution < -0.4 is 0 Å². The van der Waals surface area contributed by atoms with Crippen LogP contribution in [0.3, 0.4) is 0 Å². The van der Waals surface area contributed by atoms with Gasteiger partial charge in [-0.25, -0.2) is 0 Å². The summed E-state index contributed by atoms with van der Waals surface area (Å²) in [5, 5.41) is 2.07. The summed E-state index contributed by atoms with van der Waals surface area (Å²) in [6.07, 6.45) is 0. The van der Waals surface area contributed by atoms with Crippen LogP contribution >= 0.6 is 0 Å². The van der Waals surface area contributed by atoms with Crippen LogP contribution in [-0.2, 0) is 26.1 Å². The van der Waals surface area contributed by atoms with Crippen molar-refractivity contribution >= 4 is 52.1 Å². The van der Waals surface area contributed by atoms with Crippen molar-refractivity contribution in [3.05, 3.63) is 179 Å². The molecule has 3 heterocycles.